The first-order valence-electron chi connectivity index (χ1n) is 5.11. The zero-order valence-electron chi connectivity index (χ0n) is 9.29. The van der Waals surface area contributed by atoms with Crippen molar-refractivity contribution in [2.75, 3.05) is 5.73 Å². The van der Waals surface area contributed by atoms with Crippen LogP contribution in [0, 0.1) is 11.3 Å². The Balaban J connectivity index is 2.52. The first-order chi connectivity index (χ1) is 8.61. The Labute approximate surface area is 103 Å². The number of anilines is 1. The lowest BCUT2D eigenvalue weighted by Gasteiger charge is -2.04. The number of aromatic carboxylic acids is 1. The highest BCUT2D eigenvalue weighted by Crippen LogP contribution is 2.22. The van der Waals surface area contributed by atoms with E-state index >= 15 is 0 Å². The monoisotopic (exact) mass is 239 g/mol. The fourth-order valence-electron chi connectivity index (χ4n) is 1.55. The molecule has 0 bridgehead atoms. The third-order valence-electron chi connectivity index (χ3n) is 2.48. The molecule has 3 N–H and O–H groups in total. The van der Waals surface area contributed by atoms with Crippen LogP contribution in [0.25, 0.3) is 11.1 Å². The molecule has 2 rings (SSSR count). The Morgan fingerprint density at radius 3 is 2.78 bits per heavy atom. The maximum Gasteiger partial charge on any atom is 0.335 e. The highest BCUT2D eigenvalue weighted by molar-refractivity contribution is 5.89. The van der Waals surface area contributed by atoms with E-state index in [1.165, 1.54) is 18.3 Å². The molecule has 18 heavy (non-hydrogen) atoms. The van der Waals surface area contributed by atoms with Gasteiger partial charge < -0.3 is 10.8 Å². The molecule has 0 aliphatic heterocycles. The number of carbonyl (C=O) groups is 1. The number of rotatable bonds is 2. The number of nitrogen functional groups attached to an aromatic ring is 1. The number of nitrogens with zero attached hydrogens (tertiary/aromatic N) is 2. The van der Waals surface area contributed by atoms with Gasteiger partial charge in [-0.1, -0.05) is 12.1 Å². The molecule has 5 heteroatoms. The Kier molecular flexibility index (Phi) is 2.94. The first-order valence-corrected chi connectivity index (χ1v) is 5.11. The van der Waals surface area contributed by atoms with Gasteiger partial charge in [-0.2, -0.15) is 5.26 Å². The van der Waals surface area contributed by atoms with Gasteiger partial charge in [-0.3, -0.25) is 0 Å². The number of carboxylic acids is 1. The van der Waals surface area contributed by atoms with Gasteiger partial charge in [0.1, 0.15) is 11.9 Å². The SMILES string of the molecule is N#Cc1cc(-c2cccc(C(=O)O)c2)cnc1N. The molecule has 1 aromatic heterocycles. The number of aromatic nitrogens is 1. The fourth-order valence-corrected chi connectivity index (χ4v) is 1.55. The third-order valence-corrected chi connectivity index (χ3v) is 2.48. The summed E-state index contributed by atoms with van der Waals surface area (Å²) in [6, 6.07) is 9.94. The van der Waals surface area contributed by atoms with Gasteiger partial charge >= 0.3 is 5.97 Å². The van der Waals surface area contributed by atoms with Crippen LogP contribution in [0.2, 0.25) is 0 Å². The molecular formula is C13H9N3O2. The van der Waals surface area contributed by atoms with Gasteiger partial charge in [0, 0.05) is 11.8 Å². The van der Waals surface area contributed by atoms with E-state index in [1.807, 2.05) is 6.07 Å². The van der Waals surface area contributed by atoms with Crippen LogP contribution < -0.4 is 5.73 Å². The van der Waals surface area contributed by atoms with Crippen LogP contribution >= 0.6 is 0 Å². The predicted molar refractivity (Wildman–Crippen MR) is 65.8 cm³/mol. The van der Waals surface area contributed by atoms with Crippen molar-refractivity contribution < 1.29 is 9.90 Å². The van der Waals surface area contributed by atoms with Gasteiger partial charge in [-0.05, 0) is 23.8 Å². The predicted octanol–water partition coefficient (Wildman–Crippen LogP) is 1.90. The second-order valence-electron chi connectivity index (χ2n) is 3.65. The molecule has 0 fully saturated rings. The summed E-state index contributed by atoms with van der Waals surface area (Å²) in [6.45, 7) is 0. The van der Waals surface area contributed by atoms with Crippen LogP contribution in [0.15, 0.2) is 36.5 Å². The van der Waals surface area contributed by atoms with Crippen molar-refractivity contribution >= 4 is 11.8 Å². The summed E-state index contributed by atoms with van der Waals surface area (Å²) in [5.41, 5.74) is 7.32. The minimum Gasteiger partial charge on any atom is -0.478 e. The van der Waals surface area contributed by atoms with Crippen molar-refractivity contribution in [2.45, 2.75) is 0 Å². The summed E-state index contributed by atoms with van der Waals surface area (Å²) < 4.78 is 0. The number of nitrogens with two attached hydrogens (primary N) is 1. The first kappa shape index (κ1) is 11.6. The minimum absolute atomic E-state index is 0.163. The van der Waals surface area contributed by atoms with E-state index in [1.54, 1.807) is 18.2 Å². The Morgan fingerprint density at radius 1 is 1.33 bits per heavy atom. The number of pyridine rings is 1. The van der Waals surface area contributed by atoms with Crippen molar-refractivity contribution in [2.24, 2.45) is 0 Å². The summed E-state index contributed by atoms with van der Waals surface area (Å²) in [4.78, 5) is 14.8. The normalized spacial score (nSPS) is 9.72. The van der Waals surface area contributed by atoms with E-state index in [0.29, 0.717) is 11.1 Å². The average Bonchev–Trinajstić information content (AvgIpc) is 2.39. The quantitative estimate of drug-likeness (QED) is 0.833. The largest absolute Gasteiger partial charge is 0.478 e. The summed E-state index contributed by atoms with van der Waals surface area (Å²) >= 11 is 0. The second-order valence-corrected chi connectivity index (χ2v) is 3.65. The summed E-state index contributed by atoms with van der Waals surface area (Å²) in [5, 5.41) is 17.8. The highest BCUT2D eigenvalue weighted by atomic mass is 16.4. The maximum atomic E-state index is 10.9. The molecule has 2 aromatic rings. The Bertz CT molecular complexity index is 660. The van der Waals surface area contributed by atoms with E-state index < -0.39 is 5.97 Å². The lowest BCUT2D eigenvalue weighted by molar-refractivity contribution is 0.0697. The second kappa shape index (κ2) is 4.55. The van der Waals surface area contributed by atoms with Crippen molar-refractivity contribution in [1.82, 2.24) is 4.98 Å². The molecule has 1 heterocycles. The van der Waals surface area contributed by atoms with Gasteiger partial charge in [-0.15, -0.1) is 0 Å². The Hall–Kier alpha value is -2.87. The molecule has 0 atom stereocenters. The maximum absolute atomic E-state index is 10.9. The standard InChI is InChI=1S/C13H9N3O2/c14-6-10-5-11(7-16-12(10)15)8-2-1-3-9(4-8)13(17)18/h1-5,7H,(H2,15,16)(H,17,18). The van der Waals surface area contributed by atoms with Crippen LogP contribution in [-0.2, 0) is 0 Å². The third kappa shape index (κ3) is 2.13. The number of hydrogen-bond acceptors (Lipinski definition) is 4. The van der Waals surface area contributed by atoms with Gasteiger partial charge in [-0.25, -0.2) is 9.78 Å². The molecular weight excluding hydrogens is 230 g/mol. The van der Waals surface area contributed by atoms with Crippen LogP contribution in [0.4, 0.5) is 5.82 Å². The van der Waals surface area contributed by atoms with Gasteiger partial charge in [0.05, 0.1) is 11.1 Å². The van der Waals surface area contributed by atoms with E-state index in [0.717, 1.165) is 0 Å². The fraction of sp³-hybridized carbons (Fsp3) is 0. The van der Waals surface area contributed by atoms with E-state index in [-0.39, 0.29) is 16.9 Å². The highest BCUT2D eigenvalue weighted by Gasteiger charge is 2.07. The lowest BCUT2D eigenvalue weighted by Crippen LogP contribution is -1.97. The zero-order valence-corrected chi connectivity index (χ0v) is 9.29. The van der Waals surface area contributed by atoms with Crippen molar-refractivity contribution in [3.8, 4) is 17.2 Å². The molecule has 0 amide bonds. The zero-order chi connectivity index (χ0) is 13.1. The van der Waals surface area contributed by atoms with Gasteiger partial charge in [0.15, 0.2) is 0 Å². The van der Waals surface area contributed by atoms with Crippen molar-refractivity contribution in [1.29, 1.82) is 5.26 Å². The molecule has 88 valence electrons. The molecule has 0 aliphatic rings. The van der Waals surface area contributed by atoms with E-state index in [9.17, 15) is 4.79 Å². The van der Waals surface area contributed by atoms with Crippen LogP contribution in [-0.4, -0.2) is 16.1 Å². The summed E-state index contributed by atoms with van der Waals surface area (Å²) in [7, 11) is 0. The molecule has 0 saturated heterocycles. The molecule has 0 aliphatic carbocycles. The minimum atomic E-state index is -0.999. The van der Waals surface area contributed by atoms with Gasteiger partial charge in [0.2, 0.25) is 0 Å². The lowest BCUT2D eigenvalue weighted by atomic mass is 10.0. The molecule has 0 saturated carbocycles. The van der Waals surface area contributed by atoms with E-state index in [4.69, 9.17) is 16.1 Å². The number of carboxylic acid groups (broad SMARTS) is 1. The topological polar surface area (TPSA) is 100 Å². The Morgan fingerprint density at radius 2 is 2.11 bits per heavy atom. The smallest absolute Gasteiger partial charge is 0.335 e. The molecule has 0 unspecified atom stereocenters. The molecule has 1 aromatic carbocycles. The van der Waals surface area contributed by atoms with Crippen LogP contribution in [0.3, 0.4) is 0 Å². The molecule has 0 radical (unpaired) electrons. The van der Waals surface area contributed by atoms with E-state index in [2.05, 4.69) is 4.98 Å². The number of hydrogen-bond donors (Lipinski definition) is 2. The van der Waals surface area contributed by atoms with Crippen molar-refractivity contribution in [3.63, 3.8) is 0 Å². The summed E-state index contributed by atoms with van der Waals surface area (Å²) in [5.74, 6) is -0.837. The van der Waals surface area contributed by atoms with Crippen LogP contribution in [0.1, 0.15) is 15.9 Å². The van der Waals surface area contributed by atoms with Gasteiger partial charge in [0.25, 0.3) is 0 Å². The molecule has 0 spiro atoms. The van der Waals surface area contributed by atoms with Crippen molar-refractivity contribution in [3.05, 3.63) is 47.7 Å². The summed E-state index contributed by atoms with van der Waals surface area (Å²) in [6.07, 6.45) is 1.51. The molecule has 5 nitrogen and oxygen atoms in total. The van der Waals surface area contributed by atoms with Crippen LogP contribution in [0.5, 0.6) is 0 Å². The average molecular weight is 239 g/mol. The number of nitriles is 1. The number of benzene rings is 1.